The number of nitrogens with zero attached hydrogens (tertiary/aromatic N) is 1. The molecule has 0 aliphatic rings. The monoisotopic (exact) mass is 311 g/mol. The van der Waals surface area contributed by atoms with E-state index in [9.17, 15) is 19.2 Å². The van der Waals surface area contributed by atoms with E-state index >= 15 is 0 Å². The third kappa shape index (κ3) is 2.36. The first kappa shape index (κ1) is 17.1. The molecule has 0 aliphatic carbocycles. The van der Waals surface area contributed by atoms with Gasteiger partial charge in [-0.2, -0.15) is 0 Å². The Hall–Kier alpha value is -2.97. The number of hydrogen-bond acceptors (Lipinski definition) is 5. The van der Waals surface area contributed by atoms with Crippen molar-refractivity contribution < 1.29 is 39.6 Å². The molecule has 1 rings (SSSR count). The van der Waals surface area contributed by atoms with E-state index < -0.39 is 46.1 Å². The molecule has 0 aromatic carbocycles. The number of carboxylic acid groups (broad SMARTS) is 4. The zero-order chi connectivity index (χ0) is 17.3. The van der Waals surface area contributed by atoms with Crippen molar-refractivity contribution in [1.82, 2.24) is 4.98 Å². The SMILES string of the molecule is CC(C(=O)O)(C(=O)O)c1cccc(C(C)(C(=O)O)C(=O)O)n1. The first-order chi connectivity index (χ1) is 9.98. The predicted molar refractivity (Wildman–Crippen MR) is 69.5 cm³/mol. The molecule has 0 fully saturated rings. The smallest absolute Gasteiger partial charge is 0.326 e. The molecule has 0 spiro atoms. The molecule has 0 amide bonds. The molecule has 0 unspecified atom stereocenters. The number of hydrogen-bond donors (Lipinski definition) is 4. The van der Waals surface area contributed by atoms with Crippen molar-refractivity contribution in [3.8, 4) is 0 Å². The molecule has 0 saturated heterocycles. The highest BCUT2D eigenvalue weighted by Gasteiger charge is 2.48. The summed E-state index contributed by atoms with van der Waals surface area (Å²) in [7, 11) is 0. The second-order valence-corrected chi connectivity index (χ2v) is 4.88. The summed E-state index contributed by atoms with van der Waals surface area (Å²) >= 11 is 0. The Labute approximate surface area is 123 Å². The molecule has 118 valence electrons. The van der Waals surface area contributed by atoms with Crippen LogP contribution in [0, 0.1) is 0 Å². The van der Waals surface area contributed by atoms with Crippen LogP contribution in [0.1, 0.15) is 25.2 Å². The van der Waals surface area contributed by atoms with Gasteiger partial charge in [-0.1, -0.05) is 6.07 Å². The number of pyridine rings is 1. The fourth-order valence-electron chi connectivity index (χ4n) is 1.61. The summed E-state index contributed by atoms with van der Waals surface area (Å²) in [6.07, 6.45) is 0. The maximum absolute atomic E-state index is 11.2. The van der Waals surface area contributed by atoms with Gasteiger partial charge in [0.1, 0.15) is 0 Å². The molecule has 0 bridgehead atoms. The number of aliphatic carboxylic acids is 4. The van der Waals surface area contributed by atoms with Crippen molar-refractivity contribution in [1.29, 1.82) is 0 Å². The second-order valence-electron chi connectivity index (χ2n) is 4.88. The van der Waals surface area contributed by atoms with E-state index in [2.05, 4.69) is 4.98 Å². The van der Waals surface area contributed by atoms with Crippen molar-refractivity contribution in [2.24, 2.45) is 0 Å². The third-order valence-corrected chi connectivity index (χ3v) is 3.48. The molecule has 0 atom stereocenters. The molecule has 1 heterocycles. The van der Waals surface area contributed by atoms with Crippen molar-refractivity contribution in [2.75, 3.05) is 0 Å². The van der Waals surface area contributed by atoms with Crippen LogP contribution in [0.4, 0.5) is 0 Å². The van der Waals surface area contributed by atoms with E-state index in [1.807, 2.05) is 0 Å². The minimum atomic E-state index is -2.44. The minimum absolute atomic E-state index is 0.473. The van der Waals surface area contributed by atoms with Crippen molar-refractivity contribution >= 4 is 23.9 Å². The van der Waals surface area contributed by atoms with Crippen LogP contribution in [0.25, 0.3) is 0 Å². The number of rotatable bonds is 6. The lowest BCUT2D eigenvalue weighted by Gasteiger charge is -2.23. The molecule has 1 aromatic heterocycles. The Balaban J connectivity index is 3.61. The van der Waals surface area contributed by atoms with Crippen LogP contribution in [0.5, 0.6) is 0 Å². The second kappa shape index (κ2) is 5.43. The molecule has 22 heavy (non-hydrogen) atoms. The molecular weight excluding hydrogens is 298 g/mol. The average molecular weight is 311 g/mol. The van der Waals surface area contributed by atoms with E-state index in [1.54, 1.807) is 0 Å². The van der Waals surface area contributed by atoms with Gasteiger partial charge in [0.15, 0.2) is 0 Å². The fourth-order valence-corrected chi connectivity index (χ4v) is 1.61. The Morgan fingerprint density at radius 3 is 1.27 bits per heavy atom. The van der Waals surface area contributed by atoms with E-state index in [4.69, 9.17) is 20.4 Å². The van der Waals surface area contributed by atoms with Crippen LogP contribution in [0.3, 0.4) is 0 Å². The van der Waals surface area contributed by atoms with E-state index in [1.165, 1.54) is 0 Å². The lowest BCUT2D eigenvalue weighted by molar-refractivity contribution is -0.158. The van der Waals surface area contributed by atoms with Crippen molar-refractivity contribution in [3.05, 3.63) is 29.6 Å². The van der Waals surface area contributed by atoms with Crippen LogP contribution < -0.4 is 0 Å². The first-order valence-electron chi connectivity index (χ1n) is 5.90. The lowest BCUT2D eigenvalue weighted by atomic mass is 9.83. The average Bonchev–Trinajstić information content (AvgIpc) is 2.44. The summed E-state index contributed by atoms with van der Waals surface area (Å²) in [6.45, 7) is 1.76. The van der Waals surface area contributed by atoms with Crippen molar-refractivity contribution in [3.63, 3.8) is 0 Å². The Morgan fingerprint density at radius 2 is 1.05 bits per heavy atom. The van der Waals surface area contributed by atoms with Crippen molar-refractivity contribution in [2.45, 2.75) is 24.7 Å². The van der Waals surface area contributed by atoms with Gasteiger partial charge in [0.25, 0.3) is 0 Å². The van der Waals surface area contributed by atoms with Gasteiger partial charge < -0.3 is 20.4 Å². The topological polar surface area (TPSA) is 162 Å². The highest BCUT2D eigenvalue weighted by atomic mass is 16.4. The summed E-state index contributed by atoms with van der Waals surface area (Å²) in [5.41, 5.74) is -5.82. The quantitative estimate of drug-likeness (QED) is 0.527. The third-order valence-electron chi connectivity index (χ3n) is 3.48. The highest BCUT2D eigenvalue weighted by molar-refractivity contribution is 6.05. The van der Waals surface area contributed by atoms with Crippen LogP contribution >= 0.6 is 0 Å². The van der Waals surface area contributed by atoms with E-state index in [-0.39, 0.29) is 0 Å². The molecule has 4 N–H and O–H groups in total. The standard InChI is InChI=1S/C13H13NO8/c1-12(8(15)16,9(17)18)6-4-3-5-7(14-6)13(2,10(19)20)11(21)22/h3-5H,1-2H3,(H,15,16)(H,17,18)(H,19,20)(H,21,22). The predicted octanol–water partition coefficient (Wildman–Crippen LogP) is -0.0646. The summed E-state index contributed by atoms with van der Waals surface area (Å²) < 4.78 is 0. The normalized spacial score (nSPS) is 11.7. The summed E-state index contributed by atoms with van der Waals surface area (Å²) in [5.74, 6) is -6.84. The van der Waals surface area contributed by atoms with Gasteiger partial charge in [-0.25, -0.2) is 0 Å². The molecule has 0 aliphatic heterocycles. The summed E-state index contributed by atoms with van der Waals surface area (Å²) in [6, 6.07) is 3.32. The van der Waals surface area contributed by atoms with Gasteiger partial charge in [-0.15, -0.1) is 0 Å². The Bertz CT molecular complexity index is 585. The van der Waals surface area contributed by atoms with Crippen LogP contribution in [0.2, 0.25) is 0 Å². The molecule has 1 aromatic rings. The van der Waals surface area contributed by atoms with Gasteiger partial charge in [0.2, 0.25) is 10.8 Å². The molecule has 0 radical (unpaired) electrons. The minimum Gasteiger partial charge on any atom is -0.480 e. The zero-order valence-corrected chi connectivity index (χ0v) is 11.6. The van der Waals surface area contributed by atoms with Gasteiger partial charge in [-0.05, 0) is 26.0 Å². The lowest BCUT2D eigenvalue weighted by Crippen LogP contribution is -2.44. The number of aromatic nitrogens is 1. The molecular formula is C13H13NO8. The Morgan fingerprint density at radius 1 is 0.773 bits per heavy atom. The van der Waals surface area contributed by atoms with Gasteiger partial charge in [0.05, 0.1) is 11.4 Å². The molecule has 0 saturated carbocycles. The maximum atomic E-state index is 11.2. The van der Waals surface area contributed by atoms with Crippen LogP contribution in [-0.4, -0.2) is 49.3 Å². The number of carboxylic acids is 4. The zero-order valence-electron chi connectivity index (χ0n) is 11.6. The van der Waals surface area contributed by atoms with Crippen LogP contribution in [0.15, 0.2) is 18.2 Å². The molecule has 9 nitrogen and oxygen atoms in total. The van der Waals surface area contributed by atoms with Gasteiger partial charge >= 0.3 is 23.9 Å². The Kier molecular flexibility index (Phi) is 4.22. The van der Waals surface area contributed by atoms with Crippen LogP contribution in [-0.2, 0) is 30.0 Å². The number of carbonyl (C=O) groups is 4. The van der Waals surface area contributed by atoms with Gasteiger partial charge in [-0.3, -0.25) is 24.2 Å². The van der Waals surface area contributed by atoms with Gasteiger partial charge in [0, 0.05) is 0 Å². The van der Waals surface area contributed by atoms with E-state index in [0.29, 0.717) is 0 Å². The maximum Gasteiger partial charge on any atom is 0.326 e. The first-order valence-corrected chi connectivity index (χ1v) is 5.90. The fraction of sp³-hybridized carbons (Fsp3) is 0.308. The highest BCUT2D eigenvalue weighted by Crippen LogP contribution is 2.28. The summed E-state index contributed by atoms with van der Waals surface area (Å²) in [4.78, 5) is 48.6. The molecule has 9 heteroatoms. The van der Waals surface area contributed by atoms with E-state index in [0.717, 1.165) is 32.0 Å². The summed E-state index contributed by atoms with van der Waals surface area (Å²) in [5, 5.41) is 36.5. The largest absolute Gasteiger partial charge is 0.480 e.